The molecule has 0 radical (unpaired) electrons. The van der Waals surface area contributed by atoms with Gasteiger partial charge in [-0.3, -0.25) is 0 Å². The molecule has 4 aliphatic rings. The highest BCUT2D eigenvalue weighted by atomic mass is 15.1. The molecule has 0 bridgehead atoms. The molecule has 73 heavy (non-hydrogen) atoms. The summed E-state index contributed by atoms with van der Waals surface area (Å²) in [4.78, 5) is 2.57. The number of rotatable bonds is 4. The SMILES string of the molecule is CC1(C)c2ccccc2-c2ccc(-n3c4ccccc4c4cc(N(c5ccccc5)c5cccc6c5C5(c7ccccc7-c7ccccc75)c5ccccc5C65c6ccccc6-c6ccccc65)ccc43)cc21. The molecular formula is C71H48N2. The Morgan fingerprint density at radius 3 is 1.40 bits per heavy atom. The van der Waals surface area contributed by atoms with Crippen LogP contribution in [0.5, 0.6) is 0 Å². The number of para-hydroxylation sites is 2. The molecule has 2 nitrogen and oxygen atoms in total. The van der Waals surface area contributed by atoms with Crippen molar-refractivity contribution < 1.29 is 0 Å². The maximum absolute atomic E-state index is 2.57. The summed E-state index contributed by atoms with van der Waals surface area (Å²) in [6.07, 6.45) is 0. The molecule has 0 aliphatic heterocycles. The van der Waals surface area contributed by atoms with Crippen LogP contribution in [0.1, 0.15) is 69.5 Å². The summed E-state index contributed by atoms with van der Waals surface area (Å²) in [5, 5.41) is 2.45. The Bertz CT molecular complexity index is 4230. The van der Waals surface area contributed by atoms with Gasteiger partial charge in [0.05, 0.1) is 27.6 Å². The Morgan fingerprint density at radius 2 is 0.767 bits per heavy atom. The minimum absolute atomic E-state index is 0.113. The number of fused-ring (bicyclic) bond motifs is 22. The number of hydrogen-bond donors (Lipinski definition) is 0. The van der Waals surface area contributed by atoms with Crippen LogP contribution in [0.3, 0.4) is 0 Å². The summed E-state index contributed by atoms with van der Waals surface area (Å²) in [6, 6.07) is 96.8. The first kappa shape index (κ1) is 40.7. The lowest BCUT2D eigenvalue weighted by molar-refractivity contribution is 0.633. The Labute approximate surface area is 425 Å². The summed E-state index contributed by atoms with van der Waals surface area (Å²) < 4.78 is 2.49. The standard InChI is InChI=1S/C71H48N2/c1-69(2)56-29-12-6-23-48(56)53-41-39-47(44-64(53)69)73-65-37-19-11-28-54(65)55-43-46(40-42-66(55)73)72(45-21-4-3-5-22-45)67-38-20-36-63-68(67)71(59-32-15-9-26-51(59)52-27-10-16-33-60(52)71)62-35-18-17-34-61(62)70(63)57-30-13-7-24-49(57)50-25-8-14-31-58(50)70/h3-44H,1-2H3. The normalized spacial score (nSPS) is 15.0. The highest BCUT2D eigenvalue weighted by Gasteiger charge is 2.60. The Hall–Kier alpha value is -8.98. The van der Waals surface area contributed by atoms with Gasteiger partial charge in [0.1, 0.15) is 0 Å². The van der Waals surface area contributed by atoms with Crippen LogP contribution in [0.4, 0.5) is 17.1 Å². The zero-order valence-corrected chi connectivity index (χ0v) is 40.6. The summed E-state index contributed by atoms with van der Waals surface area (Å²) in [6.45, 7) is 4.75. The maximum atomic E-state index is 2.57. The number of anilines is 3. The van der Waals surface area contributed by atoms with Crippen LogP contribution >= 0.6 is 0 Å². The number of nitrogens with zero attached hydrogens (tertiary/aromatic N) is 2. The highest BCUT2D eigenvalue weighted by Crippen LogP contribution is 2.69. The fourth-order valence-electron chi connectivity index (χ4n) is 14.7. The van der Waals surface area contributed by atoms with E-state index in [2.05, 4.69) is 278 Å². The third kappa shape index (κ3) is 5.03. The molecular weight excluding hydrogens is 881 g/mol. The van der Waals surface area contributed by atoms with Crippen molar-refractivity contribution in [3.63, 3.8) is 0 Å². The van der Waals surface area contributed by atoms with Crippen molar-refractivity contribution in [2.24, 2.45) is 0 Å². The van der Waals surface area contributed by atoms with Crippen LogP contribution in [0.2, 0.25) is 0 Å². The fourth-order valence-corrected chi connectivity index (χ4v) is 14.7. The minimum atomic E-state index is -0.665. The summed E-state index contributed by atoms with van der Waals surface area (Å²) in [7, 11) is 0. The fraction of sp³-hybridized carbons (Fsp3) is 0.0704. The van der Waals surface area contributed by atoms with Crippen molar-refractivity contribution in [1.82, 2.24) is 4.57 Å². The van der Waals surface area contributed by atoms with Crippen LogP contribution < -0.4 is 4.90 Å². The van der Waals surface area contributed by atoms with Crippen molar-refractivity contribution >= 4 is 38.9 Å². The van der Waals surface area contributed by atoms with E-state index < -0.39 is 10.8 Å². The lowest BCUT2D eigenvalue weighted by atomic mass is 9.52. The molecule has 2 heteroatoms. The van der Waals surface area contributed by atoms with E-state index >= 15 is 0 Å². The van der Waals surface area contributed by atoms with Gasteiger partial charge < -0.3 is 9.47 Å². The molecule has 1 heterocycles. The van der Waals surface area contributed by atoms with Gasteiger partial charge in [0.15, 0.2) is 0 Å². The molecule has 0 unspecified atom stereocenters. The molecule has 342 valence electrons. The van der Waals surface area contributed by atoms with Gasteiger partial charge in [-0.05, 0) is 138 Å². The van der Waals surface area contributed by atoms with Crippen molar-refractivity contribution in [2.75, 3.05) is 4.90 Å². The molecule has 0 atom stereocenters. The van der Waals surface area contributed by atoms with Gasteiger partial charge in [-0.1, -0.05) is 214 Å². The van der Waals surface area contributed by atoms with Crippen LogP contribution in [0, 0.1) is 0 Å². The van der Waals surface area contributed by atoms with Crippen molar-refractivity contribution in [2.45, 2.75) is 30.1 Å². The Balaban J connectivity index is 1.01. The predicted molar refractivity (Wildman–Crippen MR) is 301 cm³/mol. The second-order valence-electron chi connectivity index (χ2n) is 21.1. The van der Waals surface area contributed by atoms with Crippen molar-refractivity contribution in [3.8, 4) is 39.1 Å². The quantitative estimate of drug-likeness (QED) is 0.171. The predicted octanol–water partition coefficient (Wildman–Crippen LogP) is 17.6. The molecule has 1 aromatic heterocycles. The monoisotopic (exact) mass is 928 g/mol. The molecule has 0 fully saturated rings. The van der Waals surface area contributed by atoms with Crippen molar-refractivity contribution in [3.05, 3.63) is 310 Å². The average molecular weight is 929 g/mol. The van der Waals surface area contributed by atoms with E-state index in [9.17, 15) is 0 Å². The van der Waals surface area contributed by atoms with Gasteiger partial charge in [0.25, 0.3) is 0 Å². The van der Waals surface area contributed by atoms with E-state index in [0.29, 0.717) is 0 Å². The Kier molecular flexibility index (Phi) is 8.12. The second-order valence-corrected chi connectivity index (χ2v) is 21.1. The summed E-state index contributed by atoms with van der Waals surface area (Å²) >= 11 is 0. The van der Waals surface area contributed by atoms with Crippen LogP contribution in [-0.4, -0.2) is 4.57 Å². The molecule has 12 aromatic rings. The van der Waals surface area contributed by atoms with Crippen LogP contribution in [0.25, 0.3) is 60.9 Å². The number of aromatic nitrogens is 1. The average Bonchev–Trinajstić information content (AvgIpc) is 4.12. The smallest absolute Gasteiger partial charge is 0.0740 e. The molecule has 4 aliphatic carbocycles. The maximum Gasteiger partial charge on any atom is 0.0740 e. The third-order valence-electron chi connectivity index (χ3n) is 17.5. The summed E-state index contributed by atoms with van der Waals surface area (Å²) in [5.74, 6) is 0. The first-order valence-electron chi connectivity index (χ1n) is 25.8. The van der Waals surface area contributed by atoms with Crippen molar-refractivity contribution in [1.29, 1.82) is 0 Å². The highest BCUT2D eigenvalue weighted by molar-refractivity contribution is 6.11. The molecule has 0 saturated heterocycles. The molecule has 16 rings (SSSR count). The van der Waals surface area contributed by atoms with Crippen LogP contribution in [0.15, 0.2) is 255 Å². The minimum Gasteiger partial charge on any atom is -0.310 e. The van der Waals surface area contributed by atoms with E-state index in [0.717, 1.165) is 17.1 Å². The van der Waals surface area contributed by atoms with Gasteiger partial charge in [-0.25, -0.2) is 0 Å². The lowest BCUT2D eigenvalue weighted by Crippen LogP contribution is -2.44. The summed E-state index contributed by atoms with van der Waals surface area (Å²) in [5.41, 5.74) is 26.7. The molecule has 0 amide bonds. The molecule has 0 N–H and O–H groups in total. The van der Waals surface area contributed by atoms with E-state index in [1.165, 1.54) is 117 Å². The van der Waals surface area contributed by atoms with Crippen LogP contribution in [-0.2, 0) is 16.2 Å². The van der Waals surface area contributed by atoms with Gasteiger partial charge >= 0.3 is 0 Å². The van der Waals surface area contributed by atoms with Gasteiger partial charge in [0.2, 0.25) is 0 Å². The molecule has 2 spiro atoms. The Morgan fingerprint density at radius 1 is 0.301 bits per heavy atom. The number of benzene rings is 11. The first-order chi connectivity index (χ1) is 36.0. The largest absolute Gasteiger partial charge is 0.310 e. The molecule has 11 aromatic carbocycles. The lowest BCUT2D eigenvalue weighted by Gasteiger charge is -2.50. The van der Waals surface area contributed by atoms with E-state index in [-0.39, 0.29) is 5.41 Å². The van der Waals surface area contributed by atoms with Gasteiger partial charge in [0, 0.05) is 38.8 Å². The topological polar surface area (TPSA) is 8.17 Å². The van der Waals surface area contributed by atoms with Gasteiger partial charge in [-0.2, -0.15) is 0 Å². The van der Waals surface area contributed by atoms with E-state index in [1.54, 1.807) is 0 Å². The van der Waals surface area contributed by atoms with E-state index in [1.807, 2.05) is 0 Å². The number of hydrogen-bond acceptors (Lipinski definition) is 1. The zero-order valence-electron chi connectivity index (χ0n) is 40.6. The first-order valence-corrected chi connectivity index (χ1v) is 25.8. The zero-order chi connectivity index (χ0) is 48.2. The second kappa shape index (κ2) is 14.6. The van der Waals surface area contributed by atoms with Gasteiger partial charge in [-0.15, -0.1) is 0 Å². The third-order valence-corrected chi connectivity index (χ3v) is 17.5. The van der Waals surface area contributed by atoms with E-state index in [4.69, 9.17) is 0 Å². The molecule has 0 saturated carbocycles.